The van der Waals surface area contributed by atoms with Gasteiger partial charge in [-0.15, -0.1) is 22.7 Å². The second-order valence-corrected chi connectivity index (χ2v) is 19.9. The molecule has 0 spiro atoms. The predicted molar refractivity (Wildman–Crippen MR) is 293 cm³/mol. The Labute approximate surface area is 401 Å². The van der Waals surface area contributed by atoms with Crippen LogP contribution in [0.2, 0.25) is 0 Å². The molecule has 68 heavy (non-hydrogen) atoms. The number of fused-ring (bicyclic) bond motifs is 8. The minimum atomic E-state index is 1.17. The predicted octanol–water partition coefficient (Wildman–Crippen LogP) is 18.6. The topological polar surface area (TPSA) is 9.86 Å². The summed E-state index contributed by atoms with van der Waals surface area (Å²) in [5.74, 6) is 0. The number of aromatic nitrogens is 2. The van der Waals surface area contributed by atoms with Crippen LogP contribution < -0.4 is 0 Å². The van der Waals surface area contributed by atoms with Gasteiger partial charge in [-0.2, -0.15) is 0 Å². The van der Waals surface area contributed by atoms with E-state index in [0.29, 0.717) is 0 Å². The third-order valence-corrected chi connectivity index (χ3v) is 16.2. The lowest BCUT2D eigenvalue weighted by Gasteiger charge is -2.10. The van der Waals surface area contributed by atoms with Gasteiger partial charge in [-0.25, -0.2) is 0 Å². The second-order valence-electron chi connectivity index (χ2n) is 17.7. The van der Waals surface area contributed by atoms with Gasteiger partial charge in [0.25, 0.3) is 0 Å². The van der Waals surface area contributed by atoms with Crippen molar-refractivity contribution >= 4 is 87.8 Å². The van der Waals surface area contributed by atoms with Crippen molar-refractivity contribution in [3.63, 3.8) is 0 Å². The van der Waals surface area contributed by atoms with E-state index in [9.17, 15) is 0 Å². The molecule has 0 fully saturated rings. The van der Waals surface area contributed by atoms with Crippen LogP contribution in [0.1, 0.15) is 0 Å². The van der Waals surface area contributed by atoms with Crippen molar-refractivity contribution in [1.82, 2.24) is 9.13 Å². The summed E-state index contributed by atoms with van der Waals surface area (Å²) in [5.41, 5.74) is 14.6. The Morgan fingerprint density at radius 3 is 0.985 bits per heavy atom. The molecule has 318 valence electrons. The molecule has 0 aliphatic carbocycles. The summed E-state index contributed by atoms with van der Waals surface area (Å²) >= 11 is 3.74. The molecular formula is C64H40N2S2. The lowest BCUT2D eigenvalue weighted by atomic mass is 9.98. The van der Waals surface area contributed by atoms with Crippen LogP contribution in [0.5, 0.6) is 0 Å². The van der Waals surface area contributed by atoms with E-state index >= 15 is 0 Å². The van der Waals surface area contributed by atoms with Crippen LogP contribution >= 0.6 is 22.7 Å². The molecule has 4 heteroatoms. The zero-order valence-electron chi connectivity index (χ0n) is 36.8. The first-order valence-electron chi connectivity index (χ1n) is 23.1. The van der Waals surface area contributed by atoms with Gasteiger partial charge in [-0.1, -0.05) is 146 Å². The summed E-state index contributed by atoms with van der Waals surface area (Å²) < 4.78 is 4.78. The lowest BCUT2D eigenvalue weighted by molar-refractivity contribution is 1.18. The van der Waals surface area contributed by atoms with Crippen molar-refractivity contribution in [2.75, 3.05) is 0 Å². The Morgan fingerprint density at radius 2 is 0.544 bits per heavy atom. The van der Waals surface area contributed by atoms with E-state index in [0.717, 1.165) is 0 Å². The monoisotopic (exact) mass is 900 g/mol. The number of nitrogens with zero attached hydrogens (tertiary/aromatic N) is 2. The van der Waals surface area contributed by atoms with Gasteiger partial charge < -0.3 is 9.13 Å². The van der Waals surface area contributed by atoms with E-state index in [1.54, 1.807) is 0 Å². The highest BCUT2D eigenvalue weighted by Gasteiger charge is 2.16. The molecule has 0 bridgehead atoms. The van der Waals surface area contributed by atoms with Gasteiger partial charge in [0.1, 0.15) is 0 Å². The largest absolute Gasteiger partial charge is 0.309 e. The van der Waals surface area contributed by atoms with Crippen LogP contribution in [0.4, 0.5) is 0 Å². The fourth-order valence-electron chi connectivity index (χ4n) is 10.4. The van der Waals surface area contributed by atoms with E-state index in [1.165, 1.54) is 129 Å². The fourth-order valence-corrected chi connectivity index (χ4v) is 12.5. The second kappa shape index (κ2) is 15.7. The van der Waals surface area contributed by atoms with Gasteiger partial charge in [0, 0.05) is 52.4 Å². The van der Waals surface area contributed by atoms with Gasteiger partial charge in [-0.05, 0) is 152 Å². The van der Waals surface area contributed by atoms with Crippen LogP contribution in [0.25, 0.3) is 129 Å². The number of thiophene rings is 2. The maximum Gasteiger partial charge on any atom is 0.0547 e. The molecule has 10 aromatic carbocycles. The van der Waals surface area contributed by atoms with Crippen LogP contribution in [0.3, 0.4) is 0 Å². The van der Waals surface area contributed by atoms with Crippen molar-refractivity contribution in [3.8, 4) is 64.3 Å². The maximum atomic E-state index is 2.39. The van der Waals surface area contributed by atoms with Crippen molar-refractivity contribution in [3.05, 3.63) is 243 Å². The molecule has 14 aromatic rings. The number of hydrogen-bond donors (Lipinski definition) is 0. The Kier molecular flexibility index (Phi) is 8.98. The van der Waals surface area contributed by atoms with Gasteiger partial charge in [0.15, 0.2) is 0 Å². The highest BCUT2D eigenvalue weighted by Crippen LogP contribution is 2.43. The molecular weight excluding hydrogens is 861 g/mol. The molecule has 4 aromatic heterocycles. The first-order chi connectivity index (χ1) is 33.7. The molecule has 2 nitrogen and oxygen atoms in total. The zero-order chi connectivity index (χ0) is 44.7. The highest BCUT2D eigenvalue weighted by molar-refractivity contribution is 7.25. The first-order valence-corrected chi connectivity index (χ1v) is 24.8. The van der Waals surface area contributed by atoms with Crippen molar-refractivity contribution in [1.29, 1.82) is 0 Å². The minimum absolute atomic E-state index is 1.17. The molecule has 0 aliphatic rings. The number of hydrogen-bond acceptors (Lipinski definition) is 2. The molecule has 0 saturated carbocycles. The molecule has 0 atom stereocenters. The van der Waals surface area contributed by atoms with E-state index in [2.05, 4.69) is 252 Å². The molecule has 14 rings (SSSR count). The Morgan fingerprint density at radius 1 is 0.221 bits per heavy atom. The molecule has 0 aliphatic heterocycles. The normalized spacial score (nSPS) is 11.8. The lowest BCUT2D eigenvalue weighted by Crippen LogP contribution is -1.93. The Balaban J connectivity index is 0.722. The van der Waals surface area contributed by atoms with E-state index < -0.39 is 0 Å². The fraction of sp³-hybridized carbons (Fsp3) is 0. The number of benzene rings is 10. The SMILES string of the molecule is c1ccc(-n2c3ccccc3c3ccc(-c4ccc5cc(-c6ccc(-c7ccc(-c8ccc9cc(-c%10ccc%11c%12ccccc%12n(-c%12ccccc%12)c%11c%10)ccc9c8)s7)s6)ccc5c4)cc32)cc1. The molecule has 0 unspecified atom stereocenters. The molecule has 0 amide bonds. The van der Waals surface area contributed by atoms with Crippen LogP contribution in [-0.2, 0) is 0 Å². The highest BCUT2D eigenvalue weighted by atomic mass is 32.1. The standard InChI is InChI=1S/C64H40N2S2/c1-3-11-51(12-4-1)65-57-17-9-7-15-53(57)55-29-27-47(39-59(55)65)43-19-21-45-37-49(25-23-41(45)35-43)61-31-33-63(67-61)64-34-32-62(68-64)50-26-24-42-36-44(20-22-46(42)38-50)48-28-30-56-54-16-8-10-18-58(54)66(60(56)40-48)52-13-5-2-6-14-52/h1-40H. The molecule has 0 saturated heterocycles. The number of rotatable bonds is 7. The van der Waals surface area contributed by atoms with E-state index in [1.807, 2.05) is 22.7 Å². The molecule has 0 N–H and O–H groups in total. The van der Waals surface area contributed by atoms with Gasteiger partial charge in [0.2, 0.25) is 0 Å². The average molecular weight is 901 g/mol. The van der Waals surface area contributed by atoms with Crippen molar-refractivity contribution in [2.45, 2.75) is 0 Å². The Bertz CT molecular complexity index is 3980. The van der Waals surface area contributed by atoms with Gasteiger partial charge in [0.05, 0.1) is 22.1 Å². The third-order valence-electron chi connectivity index (χ3n) is 13.7. The van der Waals surface area contributed by atoms with Crippen LogP contribution in [-0.4, -0.2) is 9.13 Å². The summed E-state index contributed by atoms with van der Waals surface area (Å²) in [4.78, 5) is 5.15. The minimum Gasteiger partial charge on any atom is -0.309 e. The smallest absolute Gasteiger partial charge is 0.0547 e. The van der Waals surface area contributed by atoms with Crippen molar-refractivity contribution < 1.29 is 0 Å². The average Bonchev–Trinajstić information content (AvgIpc) is 4.22. The third kappa shape index (κ3) is 6.45. The first kappa shape index (κ1) is 38.9. The summed E-state index contributed by atoms with van der Waals surface area (Å²) in [5, 5.41) is 10.1. The van der Waals surface area contributed by atoms with Crippen LogP contribution in [0, 0.1) is 0 Å². The van der Waals surface area contributed by atoms with E-state index in [4.69, 9.17) is 0 Å². The van der Waals surface area contributed by atoms with Gasteiger partial charge in [-0.3, -0.25) is 0 Å². The molecule has 4 heterocycles. The van der Waals surface area contributed by atoms with Gasteiger partial charge >= 0.3 is 0 Å². The van der Waals surface area contributed by atoms with Crippen LogP contribution in [0.15, 0.2) is 243 Å². The Hall–Kier alpha value is -8.28. The van der Waals surface area contributed by atoms with Crippen molar-refractivity contribution in [2.24, 2.45) is 0 Å². The zero-order valence-corrected chi connectivity index (χ0v) is 38.4. The maximum absolute atomic E-state index is 2.39. The molecule has 0 radical (unpaired) electrons. The summed E-state index contributed by atoms with van der Waals surface area (Å²) in [6.45, 7) is 0. The summed E-state index contributed by atoms with van der Waals surface area (Å²) in [7, 11) is 0. The quantitative estimate of drug-likeness (QED) is 0.151. The van der Waals surface area contributed by atoms with E-state index in [-0.39, 0.29) is 0 Å². The number of para-hydroxylation sites is 4. The summed E-state index contributed by atoms with van der Waals surface area (Å²) in [6, 6.07) is 89.3. The summed E-state index contributed by atoms with van der Waals surface area (Å²) in [6.07, 6.45) is 0.